The molecule has 0 radical (unpaired) electrons. The minimum atomic E-state index is -3.70. The molecular formula is C25H35N3O4S. The van der Waals surface area contributed by atoms with Gasteiger partial charge in [0, 0.05) is 31.1 Å². The highest BCUT2D eigenvalue weighted by molar-refractivity contribution is 7.89. The molecule has 2 aromatic carbocycles. The number of rotatable bonds is 7. The van der Waals surface area contributed by atoms with E-state index in [4.69, 9.17) is 4.74 Å². The lowest BCUT2D eigenvalue weighted by molar-refractivity contribution is -0.138. The molecule has 3 unspecified atom stereocenters. The number of benzene rings is 2. The number of ether oxygens (including phenoxy) is 1. The molecule has 180 valence electrons. The number of hydrogen-bond acceptors (Lipinski definition) is 5. The second kappa shape index (κ2) is 10.1. The molecule has 0 N–H and O–H groups in total. The lowest BCUT2D eigenvalue weighted by atomic mass is 10.0. The van der Waals surface area contributed by atoms with Gasteiger partial charge in [0.25, 0.3) is 0 Å². The van der Waals surface area contributed by atoms with Gasteiger partial charge in [-0.25, -0.2) is 8.42 Å². The van der Waals surface area contributed by atoms with Crippen molar-refractivity contribution in [3.63, 3.8) is 0 Å². The number of fused-ring (bicyclic) bond motifs is 1. The first-order chi connectivity index (χ1) is 15.8. The van der Waals surface area contributed by atoms with E-state index in [1.165, 1.54) is 0 Å². The van der Waals surface area contributed by atoms with Crippen LogP contribution in [0.4, 0.5) is 0 Å². The van der Waals surface area contributed by atoms with Crippen LogP contribution in [-0.2, 0) is 19.6 Å². The molecule has 8 heteroatoms. The predicted octanol–water partition coefficient (Wildman–Crippen LogP) is 2.95. The summed E-state index contributed by atoms with van der Waals surface area (Å²) >= 11 is 0. The molecule has 2 fully saturated rings. The maximum Gasteiger partial charge on any atom is 0.248 e. The monoisotopic (exact) mass is 473 g/mol. The third-order valence-corrected chi connectivity index (χ3v) is 9.08. The van der Waals surface area contributed by atoms with Crippen LogP contribution >= 0.6 is 0 Å². The first-order valence-corrected chi connectivity index (χ1v) is 13.3. The fourth-order valence-corrected chi connectivity index (χ4v) is 7.01. The fraction of sp³-hybridized carbons (Fsp3) is 0.560. The van der Waals surface area contributed by atoms with Crippen molar-refractivity contribution in [1.82, 2.24) is 14.1 Å². The molecule has 2 aliphatic rings. The molecule has 0 saturated carbocycles. The Morgan fingerprint density at radius 3 is 2.61 bits per heavy atom. The average Bonchev–Trinajstić information content (AvgIpc) is 3.33. The summed E-state index contributed by atoms with van der Waals surface area (Å²) < 4.78 is 35.1. The van der Waals surface area contributed by atoms with E-state index in [0.717, 1.165) is 43.0 Å². The summed E-state index contributed by atoms with van der Waals surface area (Å²) in [6.45, 7) is 3.80. The zero-order valence-corrected chi connectivity index (χ0v) is 20.6. The van der Waals surface area contributed by atoms with E-state index >= 15 is 0 Å². The highest BCUT2D eigenvalue weighted by atomic mass is 32.2. The summed E-state index contributed by atoms with van der Waals surface area (Å²) in [5.74, 6) is -0.0227. The number of sulfonamides is 1. The van der Waals surface area contributed by atoms with Crippen molar-refractivity contribution < 1.29 is 17.9 Å². The molecule has 0 bridgehead atoms. The van der Waals surface area contributed by atoms with Gasteiger partial charge in [-0.15, -0.1) is 0 Å². The summed E-state index contributed by atoms with van der Waals surface area (Å²) in [4.78, 5) is 17.0. The second-order valence-corrected chi connectivity index (χ2v) is 11.3. The highest BCUT2D eigenvalue weighted by Crippen LogP contribution is 2.31. The van der Waals surface area contributed by atoms with Crippen molar-refractivity contribution >= 4 is 26.7 Å². The van der Waals surface area contributed by atoms with E-state index in [2.05, 4.69) is 4.90 Å². The van der Waals surface area contributed by atoms with Crippen molar-refractivity contribution in [1.29, 1.82) is 0 Å². The molecule has 2 saturated heterocycles. The zero-order valence-electron chi connectivity index (χ0n) is 19.8. The smallest absolute Gasteiger partial charge is 0.248 e. The maximum atomic E-state index is 13.8. The van der Waals surface area contributed by atoms with Crippen LogP contribution < -0.4 is 0 Å². The minimum Gasteiger partial charge on any atom is -0.367 e. The Morgan fingerprint density at radius 2 is 1.85 bits per heavy atom. The molecule has 2 heterocycles. The Labute approximate surface area is 197 Å². The third-order valence-electron chi connectivity index (χ3n) is 7.09. The van der Waals surface area contributed by atoms with Crippen LogP contribution in [0.1, 0.15) is 32.6 Å². The average molecular weight is 474 g/mol. The summed E-state index contributed by atoms with van der Waals surface area (Å²) in [5, 5.41) is 1.64. The van der Waals surface area contributed by atoms with Crippen molar-refractivity contribution in [3.05, 3.63) is 42.5 Å². The predicted molar refractivity (Wildman–Crippen MR) is 130 cm³/mol. The number of carbonyl (C=O) groups excluding carboxylic acids is 1. The quantitative estimate of drug-likeness (QED) is 0.618. The van der Waals surface area contributed by atoms with Crippen LogP contribution in [0.5, 0.6) is 0 Å². The highest BCUT2D eigenvalue weighted by Gasteiger charge is 2.38. The van der Waals surface area contributed by atoms with Gasteiger partial charge in [-0.1, -0.05) is 42.8 Å². The number of likely N-dealkylation sites (N-methyl/N-ethyl adjacent to an activating group) is 1. The maximum absolute atomic E-state index is 13.8. The van der Waals surface area contributed by atoms with E-state index < -0.39 is 10.0 Å². The van der Waals surface area contributed by atoms with E-state index in [1.807, 2.05) is 56.3 Å². The molecule has 2 aliphatic heterocycles. The Balaban J connectivity index is 1.47. The van der Waals surface area contributed by atoms with Gasteiger partial charge in [0.2, 0.25) is 15.9 Å². The summed E-state index contributed by atoms with van der Waals surface area (Å²) in [7, 11) is 0.365. The number of hydrogen-bond donors (Lipinski definition) is 0. The Morgan fingerprint density at radius 1 is 1.09 bits per heavy atom. The van der Waals surface area contributed by atoms with Crippen molar-refractivity contribution in [2.45, 2.75) is 55.7 Å². The number of carbonyl (C=O) groups is 1. The van der Waals surface area contributed by atoms with E-state index in [-0.39, 0.29) is 24.7 Å². The first kappa shape index (κ1) is 24.1. The topological polar surface area (TPSA) is 70.2 Å². The van der Waals surface area contributed by atoms with Crippen molar-refractivity contribution in [3.8, 4) is 0 Å². The molecule has 4 rings (SSSR count). The third kappa shape index (κ3) is 5.09. The van der Waals surface area contributed by atoms with Crippen LogP contribution in [0.3, 0.4) is 0 Å². The largest absolute Gasteiger partial charge is 0.367 e. The molecule has 1 amide bonds. The van der Waals surface area contributed by atoms with Crippen molar-refractivity contribution in [2.75, 3.05) is 40.3 Å². The van der Waals surface area contributed by atoms with Crippen LogP contribution in [-0.4, -0.2) is 87.0 Å². The fourth-order valence-electron chi connectivity index (χ4n) is 5.04. The van der Waals surface area contributed by atoms with Gasteiger partial charge in [0.05, 0.1) is 17.0 Å². The normalized spacial score (nSPS) is 23.3. The Kier molecular flexibility index (Phi) is 7.38. The van der Waals surface area contributed by atoms with Crippen LogP contribution in [0, 0.1) is 0 Å². The van der Waals surface area contributed by atoms with Gasteiger partial charge in [0.1, 0.15) is 6.61 Å². The first-order valence-electron chi connectivity index (χ1n) is 11.8. The molecule has 3 atom stereocenters. The summed E-state index contributed by atoms with van der Waals surface area (Å²) in [5.41, 5.74) is 0. The molecule has 0 aliphatic carbocycles. The van der Waals surface area contributed by atoms with Crippen LogP contribution in [0.15, 0.2) is 47.4 Å². The van der Waals surface area contributed by atoms with E-state index in [9.17, 15) is 13.2 Å². The van der Waals surface area contributed by atoms with Gasteiger partial charge in [-0.2, -0.15) is 4.31 Å². The molecule has 0 aromatic heterocycles. The van der Waals surface area contributed by atoms with Crippen LogP contribution in [0.25, 0.3) is 10.8 Å². The number of nitrogens with zero attached hydrogens (tertiary/aromatic N) is 3. The Bertz CT molecular complexity index is 1080. The molecule has 2 aromatic rings. The van der Waals surface area contributed by atoms with Gasteiger partial charge < -0.3 is 14.5 Å². The van der Waals surface area contributed by atoms with Gasteiger partial charge in [0.15, 0.2) is 0 Å². The standard InChI is InChI=1S/C25H35N3O4S/c1-19(32-18-25(29)27-16-14-21(17-27)26(2)3)23-12-6-7-15-28(23)33(30,31)24-13-8-10-20-9-4-5-11-22(20)24/h4-5,8-11,13,19,21,23H,6-7,12,14-18H2,1-3H3. The zero-order chi connectivity index (χ0) is 23.6. The summed E-state index contributed by atoms with van der Waals surface area (Å²) in [6, 6.07) is 13.1. The van der Waals surface area contributed by atoms with E-state index in [1.54, 1.807) is 16.4 Å². The molecule has 7 nitrogen and oxygen atoms in total. The lowest BCUT2D eigenvalue weighted by Crippen LogP contribution is -2.50. The Hall–Kier alpha value is -2.00. The minimum absolute atomic E-state index is 0.0139. The van der Waals surface area contributed by atoms with Crippen molar-refractivity contribution in [2.24, 2.45) is 0 Å². The van der Waals surface area contributed by atoms with Gasteiger partial charge in [-0.3, -0.25) is 4.79 Å². The van der Waals surface area contributed by atoms with Gasteiger partial charge in [-0.05, 0) is 51.7 Å². The number of piperidine rings is 1. The number of amides is 1. The second-order valence-electron chi connectivity index (χ2n) is 9.42. The van der Waals surface area contributed by atoms with E-state index in [0.29, 0.717) is 24.0 Å². The molecular weight excluding hydrogens is 438 g/mol. The van der Waals surface area contributed by atoms with Gasteiger partial charge >= 0.3 is 0 Å². The molecule has 33 heavy (non-hydrogen) atoms. The lowest BCUT2D eigenvalue weighted by Gasteiger charge is -2.38. The summed E-state index contributed by atoms with van der Waals surface area (Å²) in [6.07, 6.45) is 3.10. The molecule has 0 spiro atoms. The SMILES string of the molecule is CC(OCC(=O)N1CCC(N(C)C)C1)C1CCCCN1S(=O)(=O)c1cccc2ccccc12. The van der Waals surface area contributed by atoms with Crippen LogP contribution in [0.2, 0.25) is 0 Å². The number of likely N-dealkylation sites (tertiary alicyclic amines) is 1.